The molecule has 11 heteroatoms. The zero-order valence-electron chi connectivity index (χ0n) is 24.3. The summed E-state index contributed by atoms with van der Waals surface area (Å²) in [5.74, 6) is 0.0426. The minimum Gasteiger partial charge on any atom is -0.390 e. The van der Waals surface area contributed by atoms with Crippen molar-refractivity contribution in [3.8, 4) is 0 Å². The molecule has 3 atom stereocenters. The van der Waals surface area contributed by atoms with Gasteiger partial charge in [0.2, 0.25) is 5.91 Å². The van der Waals surface area contributed by atoms with Crippen LogP contribution in [0.5, 0.6) is 0 Å². The number of hydrogen-bond acceptors (Lipinski definition) is 7. The Hall–Kier alpha value is -2.24. The van der Waals surface area contributed by atoms with Gasteiger partial charge in [-0.1, -0.05) is 26.7 Å². The largest absolute Gasteiger partial charge is 0.390 e. The molecule has 38 heavy (non-hydrogen) atoms. The van der Waals surface area contributed by atoms with E-state index in [-0.39, 0.29) is 36.9 Å². The van der Waals surface area contributed by atoms with E-state index in [0.717, 1.165) is 58.0 Å². The molecule has 0 rings (SSSR count). The summed E-state index contributed by atoms with van der Waals surface area (Å²) >= 11 is 0. The summed E-state index contributed by atoms with van der Waals surface area (Å²) in [6.45, 7) is 12.5. The Morgan fingerprint density at radius 3 is 1.87 bits per heavy atom. The van der Waals surface area contributed by atoms with Gasteiger partial charge in [0.15, 0.2) is 6.10 Å². The fourth-order valence-electron chi connectivity index (χ4n) is 3.44. The average molecular weight is 542 g/mol. The van der Waals surface area contributed by atoms with Crippen LogP contribution < -0.4 is 26.6 Å². The van der Waals surface area contributed by atoms with Crippen LogP contribution in [0.3, 0.4) is 0 Å². The highest BCUT2D eigenvalue weighted by Gasteiger charge is 2.24. The lowest BCUT2D eigenvalue weighted by molar-refractivity contribution is -0.136. The van der Waals surface area contributed by atoms with Crippen LogP contribution in [0.4, 0.5) is 0 Å². The molecule has 0 spiro atoms. The Kier molecular flexibility index (Phi) is 19.5. The van der Waals surface area contributed by atoms with Crippen molar-refractivity contribution in [3.63, 3.8) is 0 Å². The summed E-state index contributed by atoms with van der Waals surface area (Å²) in [6, 6.07) is 0.0401. The predicted octanol–water partition coefficient (Wildman–Crippen LogP) is 1.77. The van der Waals surface area contributed by atoms with Gasteiger partial charge >= 0.3 is 0 Å². The van der Waals surface area contributed by atoms with E-state index in [1.807, 2.05) is 13.8 Å². The van der Waals surface area contributed by atoms with Crippen LogP contribution in [0.15, 0.2) is 0 Å². The first-order valence-electron chi connectivity index (χ1n) is 14.2. The van der Waals surface area contributed by atoms with E-state index in [0.29, 0.717) is 24.6 Å². The third kappa shape index (κ3) is 18.9. The van der Waals surface area contributed by atoms with E-state index >= 15 is 0 Å². The normalized spacial score (nSPS) is 13.8. The second-order valence-corrected chi connectivity index (χ2v) is 10.6. The van der Waals surface area contributed by atoms with E-state index < -0.39 is 18.1 Å². The SMILES string of the molecule is CCC(C)NC(=O)CC[C@H](O)C(O)C(=O)NCCNC(=N)CCCCCCC(=N)NCCNC(C)(C)CC. The molecule has 0 aromatic rings. The summed E-state index contributed by atoms with van der Waals surface area (Å²) in [5, 5.41) is 50.8. The Balaban J connectivity index is 3.78. The van der Waals surface area contributed by atoms with E-state index in [9.17, 15) is 19.8 Å². The van der Waals surface area contributed by atoms with Crippen LogP contribution in [0, 0.1) is 10.8 Å². The lowest BCUT2D eigenvalue weighted by Crippen LogP contribution is -2.45. The summed E-state index contributed by atoms with van der Waals surface area (Å²) in [6.07, 6.45) is 4.13. The first-order valence-corrected chi connectivity index (χ1v) is 14.2. The highest BCUT2D eigenvalue weighted by atomic mass is 16.3. The fraction of sp³-hybridized carbons (Fsp3) is 0.852. The lowest BCUT2D eigenvalue weighted by Gasteiger charge is -2.24. The molecule has 0 aliphatic heterocycles. The molecule has 0 saturated heterocycles. The number of carbonyl (C=O) groups is 2. The van der Waals surface area contributed by atoms with Crippen molar-refractivity contribution in [1.29, 1.82) is 10.8 Å². The van der Waals surface area contributed by atoms with Gasteiger partial charge in [0.1, 0.15) is 0 Å². The molecule has 2 amide bonds. The molecule has 0 aliphatic carbocycles. The second-order valence-electron chi connectivity index (χ2n) is 10.6. The number of nitrogens with one attached hydrogen (secondary N) is 7. The van der Waals surface area contributed by atoms with Crippen molar-refractivity contribution in [2.75, 3.05) is 26.2 Å². The molecule has 11 nitrogen and oxygen atoms in total. The third-order valence-electron chi connectivity index (χ3n) is 6.64. The van der Waals surface area contributed by atoms with Crippen molar-refractivity contribution in [2.45, 2.75) is 123 Å². The van der Waals surface area contributed by atoms with E-state index in [2.05, 4.69) is 47.4 Å². The van der Waals surface area contributed by atoms with Gasteiger partial charge in [-0.2, -0.15) is 0 Å². The molecule has 0 heterocycles. The van der Waals surface area contributed by atoms with Crippen molar-refractivity contribution in [1.82, 2.24) is 26.6 Å². The zero-order chi connectivity index (χ0) is 29.0. The Morgan fingerprint density at radius 2 is 1.34 bits per heavy atom. The maximum absolute atomic E-state index is 12.0. The molecule has 222 valence electrons. The maximum Gasteiger partial charge on any atom is 0.251 e. The molecular formula is C27H55N7O4. The molecule has 0 aliphatic rings. The second kappa shape index (κ2) is 20.7. The molecule has 0 aromatic carbocycles. The van der Waals surface area contributed by atoms with Crippen molar-refractivity contribution in [3.05, 3.63) is 0 Å². The van der Waals surface area contributed by atoms with Crippen LogP contribution in [-0.2, 0) is 9.59 Å². The number of aliphatic hydroxyl groups is 2. The van der Waals surface area contributed by atoms with Gasteiger partial charge in [-0.25, -0.2) is 0 Å². The first-order chi connectivity index (χ1) is 17.9. The summed E-state index contributed by atoms with van der Waals surface area (Å²) in [7, 11) is 0. The number of amidine groups is 2. The van der Waals surface area contributed by atoms with Crippen molar-refractivity contribution < 1.29 is 19.8 Å². The van der Waals surface area contributed by atoms with Crippen molar-refractivity contribution in [2.24, 2.45) is 0 Å². The zero-order valence-corrected chi connectivity index (χ0v) is 24.3. The van der Waals surface area contributed by atoms with Crippen LogP contribution in [0.25, 0.3) is 0 Å². The average Bonchev–Trinajstić information content (AvgIpc) is 2.88. The van der Waals surface area contributed by atoms with E-state index in [4.69, 9.17) is 10.8 Å². The lowest BCUT2D eigenvalue weighted by atomic mass is 10.0. The first kappa shape index (κ1) is 35.8. The molecule has 0 radical (unpaired) electrons. The van der Waals surface area contributed by atoms with Gasteiger partial charge in [-0.05, 0) is 52.9 Å². The molecular weight excluding hydrogens is 486 g/mol. The Morgan fingerprint density at radius 1 is 0.816 bits per heavy atom. The third-order valence-corrected chi connectivity index (χ3v) is 6.64. The van der Waals surface area contributed by atoms with Gasteiger partial charge in [-0.15, -0.1) is 0 Å². The minimum atomic E-state index is -1.60. The molecule has 0 bridgehead atoms. The van der Waals surface area contributed by atoms with Crippen LogP contribution >= 0.6 is 0 Å². The number of hydrogen-bond donors (Lipinski definition) is 9. The van der Waals surface area contributed by atoms with E-state index in [1.165, 1.54) is 0 Å². The Labute approximate surface area is 229 Å². The molecule has 9 N–H and O–H groups in total. The fourth-order valence-corrected chi connectivity index (χ4v) is 3.44. The van der Waals surface area contributed by atoms with Gasteiger partial charge in [0.05, 0.1) is 17.8 Å². The molecule has 2 unspecified atom stereocenters. The number of amides is 2. The highest BCUT2D eigenvalue weighted by molar-refractivity contribution is 5.82. The van der Waals surface area contributed by atoms with Gasteiger partial charge in [0.25, 0.3) is 5.91 Å². The minimum absolute atomic E-state index is 0.00753. The predicted molar refractivity (Wildman–Crippen MR) is 154 cm³/mol. The summed E-state index contributed by atoms with van der Waals surface area (Å²) < 4.78 is 0. The highest BCUT2D eigenvalue weighted by Crippen LogP contribution is 2.07. The molecule has 0 aromatic heterocycles. The van der Waals surface area contributed by atoms with Gasteiger partial charge < -0.3 is 36.8 Å². The van der Waals surface area contributed by atoms with Gasteiger partial charge in [0, 0.05) is 57.0 Å². The number of rotatable bonds is 22. The van der Waals surface area contributed by atoms with Crippen LogP contribution in [0.1, 0.15) is 98.8 Å². The van der Waals surface area contributed by atoms with Crippen molar-refractivity contribution >= 4 is 23.5 Å². The topological polar surface area (TPSA) is 182 Å². The molecule has 0 saturated carbocycles. The van der Waals surface area contributed by atoms with Crippen LogP contribution in [0.2, 0.25) is 0 Å². The van der Waals surface area contributed by atoms with Gasteiger partial charge in [-0.3, -0.25) is 20.4 Å². The summed E-state index contributed by atoms with van der Waals surface area (Å²) in [5.41, 5.74) is 0.125. The van der Waals surface area contributed by atoms with E-state index in [1.54, 1.807) is 0 Å². The quantitative estimate of drug-likeness (QED) is 0.0568. The monoisotopic (exact) mass is 541 g/mol. The number of carbonyl (C=O) groups excluding carboxylic acids is 2. The molecule has 0 fully saturated rings. The number of unbranched alkanes of at least 4 members (excludes halogenated alkanes) is 3. The Bertz CT molecular complexity index is 703. The standard InChI is InChI=1S/C27H55N7O4/c1-6-20(3)34-24(36)15-14-21(35)25(37)26(38)32-17-16-30-22(28)12-10-8-9-11-13-23(29)31-18-19-33-27(4,5)7-2/h20-21,25,33,35,37H,6-19H2,1-5H3,(H2,28,30)(H2,29,31)(H,32,38)(H,34,36)/t20?,21-,25?/m0/s1. The van der Waals surface area contributed by atoms with Crippen LogP contribution in [-0.4, -0.2) is 83.7 Å². The maximum atomic E-state index is 12.0. The smallest absolute Gasteiger partial charge is 0.251 e. The number of aliphatic hydroxyl groups excluding tert-OH is 2. The summed E-state index contributed by atoms with van der Waals surface area (Å²) in [4.78, 5) is 23.8.